The quantitative estimate of drug-likeness (QED) is 0.902. The van der Waals surface area contributed by atoms with Crippen molar-refractivity contribution in [2.24, 2.45) is 0 Å². The van der Waals surface area contributed by atoms with E-state index < -0.39 is 5.41 Å². The van der Waals surface area contributed by atoms with E-state index in [1.54, 1.807) is 0 Å². The molecule has 0 atom stereocenters. The van der Waals surface area contributed by atoms with Crippen molar-refractivity contribution in [3.8, 4) is 0 Å². The van der Waals surface area contributed by atoms with Crippen LogP contribution in [0.15, 0.2) is 60.7 Å². The zero-order valence-corrected chi connectivity index (χ0v) is 12.3. The number of hydrogen-bond acceptors (Lipinski definition) is 1. The molecule has 20 heavy (non-hydrogen) atoms. The fraction of sp³-hybridized carbons (Fsp3) is 0.278. The largest absolute Gasteiger partial charge is 0.353 e. The summed E-state index contributed by atoms with van der Waals surface area (Å²) in [5.41, 5.74) is 1.33. The van der Waals surface area contributed by atoms with Gasteiger partial charge in [-0.05, 0) is 31.9 Å². The SMILES string of the molecule is CC(C)NC(=O)C(C)(c1ccccc1)c1ccccc1. The fourth-order valence-corrected chi connectivity index (χ4v) is 2.38. The third kappa shape index (κ3) is 2.74. The molecule has 1 amide bonds. The first-order chi connectivity index (χ1) is 9.55. The molecular formula is C18H21NO. The van der Waals surface area contributed by atoms with Crippen LogP contribution in [0.4, 0.5) is 0 Å². The lowest BCUT2D eigenvalue weighted by Gasteiger charge is -2.30. The summed E-state index contributed by atoms with van der Waals surface area (Å²) in [6.07, 6.45) is 0. The molecule has 0 aromatic heterocycles. The predicted molar refractivity (Wildman–Crippen MR) is 82.6 cm³/mol. The second-order valence-corrected chi connectivity index (χ2v) is 5.49. The number of carbonyl (C=O) groups is 1. The maximum absolute atomic E-state index is 12.8. The van der Waals surface area contributed by atoms with E-state index in [2.05, 4.69) is 5.32 Å². The second kappa shape index (κ2) is 5.91. The molecule has 0 saturated heterocycles. The summed E-state index contributed by atoms with van der Waals surface area (Å²) in [6, 6.07) is 20.0. The van der Waals surface area contributed by atoms with Gasteiger partial charge in [-0.3, -0.25) is 4.79 Å². The van der Waals surface area contributed by atoms with E-state index in [-0.39, 0.29) is 11.9 Å². The van der Waals surface area contributed by atoms with E-state index in [9.17, 15) is 4.79 Å². The molecule has 0 bridgehead atoms. The summed E-state index contributed by atoms with van der Waals surface area (Å²) in [5.74, 6) is 0.0323. The average molecular weight is 267 g/mol. The molecule has 0 radical (unpaired) electrons. The van der Waals surface area contributed by atoms with Gasteiger partial charge in [0.05, 0.1) is 5.41 Å². The minimum atomic E-state index is -0.674. The normalized spacial score (nSPS) is 11.4. The number of carbonyl (C=O) groups excluding carboxylic acids is 1. The molecule has 2 heteroatoms. The zero-order chi connectivity index (χ0) is 14.6. The summed E-state index contributed by atoms with van der Waals surface area (Å²) in [5, 5.41) is 3.04. The van der Waals surface area contributed by atoms with Crippen LogP contribution in [0.25, 0.3) is 0 Å². The topological polar surface area (TPSA) is 29.1 Å². The second-order valence-electron chi connectivity index (χ2n) is 5.49. The van der Waals surface area contributed by atoms with Crippen LogP contribution in [0.2, 0.25) is 0 Å². The third-order valence-electron chi connectivity index (χ3n) is 3.58. The molecule has 2 aromatic carbocycles. The molecule has 2 nitrogen and oxygen atoms in total. The Bertz CT molecular complexity index is 521. The molecule has 0 aliphatic carbocycles. The Morgan fingerprint density at radius 1 is 0.900 bits per heavy atom. The predicted octanol–water partition coefficient (Wildman–Crippen LogP) is 3.52. The van der Waals surface area contributed by atoms with Gasteiger partial charge in [-0.1, -0.05) is 60.7 Å². The standard InChI is InChI=1S/C18H21NO/c1-14(2)19-17(20)18(3,15-10-6-4-7-11-15)16-12-8-5-9-13-16/h4-14H,1-3H3,(H,19,20). The van der Waals surface area contributed by atoms with Crippen molar-refractivity contribution in [3.63, 3.8) is 0 Å². The van der Waals surface area contributed by atoms with Crippen LogP contribution in [-0.4, -0.2) is 11.9 Å². The Hall–Kier alpha value is -2.09. The molecule has 104 valence electrons. The maximum atomic E-state index is 12.8. The molecular weight excluding hydrogens is 246 g/mol. The molecule has 0 heterocycles. The molecule has 0 unspecified atom stereocenters. The van der Waals surface area contributed by atoms with Crippen molar-refractivity contribution in [2.45, 2.75) is 32.2 Å². The summed E-state index contributed by atoms with van der Waals surface area (Å²) >= 11 is 0. The lowest BCUT2D eigenvalue weighted by atomic mass is 9.75. The first-order valence-corrected chi connectivity index (χ1v) is 6.97. The van der Waals surface area contributed by atoms with E-state index in [1.165, 1.54) is 0 Å². The minimum absolute atomic E-state index is 0.0323. The zero-order valence-electron chi connectivity index (χ0n) is 12.3. The van der Waals surface area contributed by atoms with E-state index in [4.69, 9.17) is 0 Å². The monoisotopic (exact) mass is 267 g/mol. The lowest BCUT2D eigenvalue weighted by molar-refractivity contribution is -0.125. The van der Waals surface area contributed by atoms with E-state index in [0.717, 1.165) is 11.1 Å². The van der Waals surface area contributed by atoms with Gasteiger partial charge in [0.1, 0.15) is 0 Å². The van der Waals surface area contributed by atoms with Gasteiger partial charge in [-0.2, -0.15) is 0 Å². The smallest absolute Gasteiger partial charge is 0.235 e. The van der Waals surface area contributed by atoms with Crippen LogP contribution in [0.1, 0.15) is 31.9 Å². The first kappa shape index (κ1) is 14.3. The summed E-state index contributed by atoms with van der Waals surface area (Å²) in [6.45, 7) is 5.94. The van der Waals surface area contributed by atoms with Crippen LogP contribution in [0, 0.1) is 0 Å². The Morgan fingerprint density at radius 3 is 1.65 bits per heavy atom. The number of nitrogens with one attached hydrogen (secondary N) is 1. The summed E-state index contributed by atoms with van der Waals surface area (Å²) < 4.78 is 0. The summed E-state index contributed by atoms with van der Waals surface area (Å²) in [4.78, 5) is 12.8. The molecule has 0 aliphatic heterocycles. The van der Waals surface area contributed by atoms with E-state index >= 15 is 0 Å². The minimum Gasteiger partial charge on any atom is -0.353 e. The van der Waals surface area contributed by atoms with Crippen LogP contribution < -0.4 is 5.32 Å². The molecule has 0 fully saturated rings. The number of hydrogen-bond donors (Lipinski definition) is 1. The number of amides is 1. The van der Waals surface area contributed by atoms with Gasteiger partial charge in [0.15, 0.2) is 0 Å². The Morgan fingerprint density at radius 2 is 1.30 bits per heavy atom. The van der Waals surface area contributed by atoms with Crippen molar-refractivity contribution in [1.82, 2.24) is 5.32 Å². The van der Waals surface area contributed by atoms with E-state index in [1.807, 2.05) is 81.4 Å². The molecule has 2 aromatic rings. The van der Waals surface area contributed by atoms with E-state index in [0.29, 0.717) is 0 Å². The van der Waals surface area contributed by atoms with Crippen LogP contribution in [0.3, 0.4) is 0 Å². The fourth-order valence-electron chi connectivity index (χ4n) is 2.38. The highest BCUT2D eigenvalue weighted by Crippen LogP contribution is 2.32. The highest BCUT2D eigenvalue weighted by atomic mass is 16.2. The van der Waals surface area contributed by atoms with Gasteiger partial charge in [0.2, 0.25) is 5.91 Å². The third-order valence-corrected chi connectivity index (χ3v) is 3.58. The average Bonchev–Trinajstić information content (AvgIpc) is 2.47. The first-order valence-electron chi connectivity index (χ1n) is 6.97. The molecule has 2 rings (SSSR count). The van der Waals surface area contributed by atoms with Crippen molar-refractivity contribution in [1.29, 1.82) is 0 Å². The van der Waals surface area contributed by atoms with Crippen LogP contribution >= 0.6 is 0 Å². The van der Waals surface area contributed by atoms with Gasteiger partial charge in [-0.15, -0.1) is 0 Å². The highest BCUT2D eigenvalue weighted by molar-refractivity contribution is 5.91. The van der Waals surface area contributed by atoms with Gasteiger partial charge in [-0.25, -0.2) is 0 Å². The van der Waals surface area contributed by atoms with Gasteiger partial charge in [0, 0.05) is 6.04 Å². The van der Waals surface area contributed by atoms with Crippen LogP contribution in [0.5, 0.6) is 0 Å². The van der Waals surface area contributed by atoms with Gasteiger partial charge >= 0.3 is 0 Å². The lowest BCUT2D eigenvalue weighted by Crippen LogP contribution is -2.45. The highest BCUT2D eigenvalue weighted by Gasteiger charge is 2.37. The number of rotatable bonds is 4. The molecule has 0 aliphatic rings. The Balaban J connectivity index is 2.52. The van der Waals surface area contributed by atoms with Crippen LogP contribution in [-0.2, 0) is 10.2 Å². The maximum Gasteiger partial charge on any atom is 0.235 e. The van der Waals surface area contributed by atoms with Gasteiger partial charge in [0.25, 0.3) is 0 Å². The number of benzene rings is 2. The molecule has 0 spiro atoms. The Kier molecular flexibility index (Phi) is 4.23. The van der Waals surface area contributed by atoms with Crippen molar-refractivity contribution in [2.75, 3.05) is 0 Å². The molecule has 0 saturated carbocycles. The van der Waals surface area contributed by atoms with Crippen molar-refractivity contribution in [3.05, 3.63) is 71.8 Å². The molecule has 1 N–H and O–H groups in total. The Labute approximate surface area is 120 Å². The van der Waals surface area contributed by atoms with Crippen molar-refractivity contribution < 1.29 is 4.79 Å². The van der Waals surface area contributed by atoms with Gasteiger partial charge < -0.3 is 5.32 Å². The summed E-state index contributed by atoms with van der Waals surface area (Å²) in [7, 11) is 0. The van der Waals surface area contributed by atoms with Crippen molar-refractivity contribution >= 4 is 5.91 Å².